The Balaban J connectivity index is 3.01. The van der Waals surface area contributed by atoms with E-state index in [1.165, 1.54) is 15.3 Å². The summed E-state index contributed by atoms with van der Waals surface area (Å²) in [6, 6.07) is 2.17. The van der Waals surface area contributed by atoms with Crippen molar-refractivity contribution in [2.45, 2.75) is 19.7 Å². The van der Waals surface area contributed by atoms with Gasteiger partial charge in [0.1, 0.15) is 0 Å². The van der Waals surface area contributed by atoms with Gasteiger partial charge in [-0.2, -0.15) is 0 Å². The molecule has 1 aromatic rings. The molecule has 0 saturated heterocycles. The third-order valence-electron chi connectivity index (χ3n) is 1.27. The Hall–Kier alpha value is -0.0100. The van der Waals surface area contributed by atoms with Crippen LogP contribution in [0.15, 0.2) is 6.07 Å². The smallest absolute Gasteiger partial charge is 0.0570 e. The van der Waals surface area contributed by atoms with Crippen LogP contribution in [-0.4, -0.2) is 0 Å². The Morgan fingerprint density at radius 3 is 2.44 bits per heavy atom. The fraction of sp³-hybridized carbons (Fsp3) is 0.429. The SMILES string of the molecule is Cc1cc(C)c(CCl)s1. The minimum absolute atomic E-state index is 0.657. The van der Waals surface area contributed by atoms with Crippen LogP contribution in [0.1, 0.15) is 15.3 Å². The zero-order valence-corrected chi connectivity index (χ0v) is 7.14. The highest BCUT2D eigenvalue weighted by Gasteiger charge is 1.98. The molecule has 0 saturated carbocycles. The van der Waals surface area contributed by atoms with E-state index in [0.717, 1.165) is 0 Å². The molecule has 1 rings (SSSR count). The predicted molar refractivity (Wildman–Crippen MR) is 43.4 cm³/mol. The second kappa shape index (κ2) is 2.72. The minimum Gasteiger partial charge on any atom is -0.144 e. The Kier molecular flexibility index (Phi) is 2.14. The normalized spacial score (nSPS) is 10.1. The van der Waals surface area contributed by atoms with Crippen molar-refractivity contribution in [1.82, 2.24) is 0 Å². The van der Waals surface area contributed by atoms with E-state index in [0.29, 0.717) is 5.88 Å². The van der Waals surface area contributed by atoms with Gasteiger partial charge in [0, 0.05) is 9.75 Å². The van der Waals surface area contributed by atoms with Crippen LogP contribution >= 0.6 is 22.9 Å². The Morgan fingerprint density at radius 2 is 2.22 bits per heavy atom. The van der Waals surface area contributed by atoms with E-state index in [1.807, 2.05) is 0 Å². The summed E-state index contributed by atoms with van der Waals surface area (Å²) in [6.07, 6.45) is 0. The van der Waals surface area contributed by atoms with Crippen molar-refractivity contribution < 1.29 is 0 Å². The number of halogens is 1. The van der Waals surface area contributed by atoms with Gasteiger partial charge in [-0.3, -0.25) is 0 Å². The van der Waals surface area contributed by atoms with Gasteiger partial charge in [-0.1, -0.05) is 0 Å². The predicted octanol–water partition coefficient (Wildman–Crippen LogP) is 3.10. The first kappa shape index (κ1) is 7.10. The van der Waals surface area contributed by atoms with Crippen LogP contribution in [0.2, 0.25) is 0 Å². The van der Waals surface area contributed by atoms with Crippen LogP contribution in [0.5, 0.6) is 0 Å². The Labute approximate surface area is 64.5 Å². The van der Waals surface area contributed by atoms with Crippen molar-refractivity contribution >= 4 is 22.9 Å². The molecule has 0 unspecified atom stereocenters. The highest BCUT2D eigenvalue weighted by atomic mass is 35.5. The molecule has 1 aromatic heterocycles. The molecule has 0 aliphatic rings. The Morgan fingerprint density at radius 1 is 1.56 bits per heavy atom. The van der Waals surface area contributed by atoms with E-state index in [1.54, 1.807) is 11.3 Å². The summed E-state index contributed by atoms with van der Waals surface area (Å²) in [5, 5.41) is 0. The van der Waals surface area contributed by atoms with E-state index in [-0.39, 0.29) is 0 Å². The van der Waals surface area contributed by atoms with Gasteiger partial charge in [0.2, 0.25) is 0 Å². The van der Waals surface area contributed by atoms with E-state index in [2.05, 4.69) is 19.9 Å². The maximum Gasteiger partial charge on any atom is 0.0570 e. The summed E-state index contributed by atoms with van der Waals surface area (Å²) in [7, 11) is 0. The van der Waals surface area contributed by atoms with Gasteiger partial charge < -0.3 is 0 Å². The summed E-state index contributed by atoms with van der Waals surface area (Å²) >= 11 is 7.44. The number of rotatable bonds is 1. The van der Waals surface area contributed by atoms with E-state index < -0.39 is 0 Å². The number of alkyl halides is 1. The highest BCUT2D eigenvalue weighted by molar-refractivity contribution is 7.12. The third kappa shape index (κ3) is 1.46. The van der Waals surface area contributed by atoms with Gasteiger partial charge in [0.15, 0.2) is 0 Å². The molecular formula is C7H9ClS. The molecule has 0 bridgehead atoms. The lowest BCUT2D eigenvalue weighted by molar-refractivity contribution is 1.39. The van der Waals surface area contributed by atoms with Gasteiger partial charge in [0.25, 0.3) is 0 Å². The zero-order chi connectivity index (χ0) is 6.85. The first-order chi connectivity index (χ1) is 4.24. The first-order valence-electron chi connectivity index (χ1n) is 2.86. The summed E-state index contributed by atoms with van der Waals surface area (Å²) in [5.74, 6) is 0.657. The largest absolute Gasteiger partial charge is 0.144 e. The maximum absolute atomic E-state index is 5.66. The van der Waals surface area contributed by atoms with Crippen molar-refractivity contribution in [3.05, 3.63) is 21.4 Å². The second-order valence-corrected chi connectivity index (χ2v) is 3.71. The lowest BCUT2D eigenvalue weighted by Crippen LogP contribution is -1.70. The molecule has 0 N–H and O–H groups in total. The molecule has 0 amide bonds. The number of hydrogen-bond donors (Lipinski definition) is 0. The lowest BCUT2D eigenvalue weighted by atomic mass is 10.3. The highest BCUT2D eigenvalue weighted by Crippen LogP contribution is 2.21. The second-order valence-electron chi connectivity index (χ2n) is 2.10. The van der Waals surface area contributed by atoms with Crippen molar-refractivity contribution in [3.8, 4) is 0 Å². The van der Waals surface area contributed by atoms with Gasteiger partial charge in [-0.15, -0.1) is 22.9 Å². The summed E-state index contributed by atoms with van der Waals surface area (Å²) in [6.45, 7) is 4.20. The molecule has 0 spiro atoms. The molecule has 0 fully saturated rings. The van der Waals surface area contributed by atoms with Crippen LogP contribution in [0.4, 0.5) is 0 Å². The van der Waals surface area contributed by atoms with Crippen molar-refractivity contribution in [1.29, 1.82) is 0 Å². The van der Waals surface area contributed by atoms with Gasteiger partial charge in [-0.05, 0) is 25.5 Å². The van der Waals surface area contributed by atoms with E-state index in [9.17, 15) is 0 Å². The fourth-order valence-electron chi connectivity index (χ4n) is 0.822. The van der Waals surface area contributed by atoms with Crippen molar-refractivity contribution in [3.63, 3.8) is 0 Å². The molecule has 0 atom stereocenters. The molecule has 0 aliphatic carbocycles. The first-order valence-corrected chi connectivity index (χ1v) is 4.21. The molecule has 1 heterocycles. The van der Waals surface area contributed by atoms with Crippen LogP contribution in [0.3, 0.4) is 0 Å². The van der Waals surface area contributed by atoms with Crippen molar-refractivity contribution in [2.24, 2.45) is 0 Å². The summed E-state index contributed by atoms with van der Waals surface area (Å²) in [4.78, 5) is 2.65. The quantitative estimate of drug-likeness (QED) is 0.554. The molecule has 2 heteroatoms. The molecule has 9 heavy (non-hydrogen) atoms. The summed E-state index contributed by atoms with van der Waals surface area (Å²) < 4.78 is 0. The van der Waals surface area contributed by atoms with Crippen LogP contribution < -0.4 is 0 Å². The number of aryl methyl sites for hydroxylation is 2. The average Bonchev–Trinajstić information content (AvgIpc) is 2.10. The maximum atomic E-state index is 5.66. The van der Waals surface area contributed by atoms with Crippen LogP contribution in [-0.2, 0) is 5.88 Å². The zero-order valence-electron chi connectivity index (χ0n) is 5.57. The van der Waals surface area contributed by atoms with Crippen LogP contribution in [0.25, 0.3) is 0 Å². The fourth-order valence-corrected chi connectivity index (χ4v) is 2.10. The molecule has 0 aliphatic heterocycles. The van der Waals surface area contributed by atoms with Crippen molar-refractivity contribution in [2.75, 3.05) is 0 Å². The molecular weight excluding hydrogens is 152 g/mol. The third-order valence-corrected chi connectivity index (χ3v) is 2.84. The van der Waals surface area contributed by atoms with Gasteiger partial charge >= 0.3 is 0 Å². The van der Waals surface area contributed by atoms with Gasteiger partial charge in [0.05, 0.1) is 5.88 Å². The minimum atomic E-state index is 0.657. The average molecular weight is 161 g/mol. The molecule has 50 valence electrons. The molecule has 0 aromatic carbocycles. The monoisotopic (exact) mass is 160 g/mol. The van der Waals surface area contributed by atoms with Crippen LogP contribution in [0, 0.1) is 13.8 Å². The Bertz CT molecular complexity index is 203. The lowest BCUT2D eigenvalue weighted by Gasteiger charge is -1.86. The molecule has 0 radical (unpaired) electrons. The number of thiophene rings is 1. The van der Waals surface area contributed by atoms with Gasteiger partial charge in [-0.25, -0.2) is 0 Å². The molecule has 0 nitrogen and oxygen atoms in total. The summed E-state index contributed by atoms with van der Waals surface area (Å²) in [5.41, 5.74) is 1.33. The number of hydrogen-bond acceptors (Lipinski definition) is 1. The standard InChI is InChI=1S/C7H9ClS/c1-5-3-6(2)9-7(5)4-8/h3H,4H2,1-2H3. The van der Waals surface area contributed by atoms with E-state index >= 15 is 0 Å². The topological polar surface area (TPSA) is 0 Å². The van der Waals surface area contributed by atoms with E-state index in [4.69, 9.17) is 11.6 Å².